The van der Waals surface area contributed by atoms with E-state index in [2.05, 4.69) is 33.4 Å². The Balaban J connectivity index is 1.38. The highest BCUT2D eigenvalue weighted by atomic mass is 35.5. The van der Waals surface area contributed by atoms with Gasteiger partial charge in [-0.05, 0) is 67.8 Å². The van der Waals surface area contributed by atoms with Gasteiger partial charge in [0.2, 0.25) is 0 Å². The van der Waals surface area contributed by atoms with E-state index in [1.165, 1.54) is 54.7 Å². The number of benzene rings is 1. The van der Waals surface area contributed by atoms with Gasteiger partial charge in [0.1, 0.15) is 5.82 Å². The third-order valence-electron chi connectivity index (χ3n) is 6.53. The van der Waals surface area contributed by atoms with E-state index in [1.807, 2.05) is 24.1 Å². The Hall–Kier alpha value is -1.14. The summed E-state index contributed by atoms with van der Waals surface area (Å²) < 4.78 is 3.46. The van der Waals surface area contributed by atoms with Crippen LogP contribution >= 0.6 is 23.5 Å². The highest BCUT2D eigenvalue weighted by Crippen LogP contribution is 2.53. The minimum atomic E-state index is 0.125. The molecule has 2 N–H and O–H groups in total. The Morgan fingerprint density at radius 3 is 2.75 bits per heavy atom. The Morgan fingerprint density at radius 1 is 1.21 bits per heavy atom. The molecule has 0 bridgehead atoms. The summed E-state index contributed by atoms with van der Waals surface area (Å²) in [6, 6.07) is 8.71. The number of hydrogen-bond acceptors (Lipinski definition) is 5. The fourth-order valence-electron chi connectivity index (χ4n) is 4.55. The summed E-state index contributed by atoms with van der Waals surface area (Å²) in [5.41, 5.74) is 4.02. The van der Waals surface area contributed by atoms with Gasteiger partial charge in [0.15, 0.2) is 0 Å². The summed E-state index contributed by atoms with van der Waals surface area (Å²) in [5.74, 6) is 3.03. The van der Waals surface area contributed by atoms with Crippen molar-refractivity contribution in [1.82, 2.24) is 20.0 Å². The van der Waals surface area contributed by atoms with Crippen LogP contribution in [0.3, 0.4) is 0 Å². The SMILES string of the molecule is Clc1ccc(C2(C3NCCc4cnc(CNSCC5CC5)nc43)CCC2)cc1. The van der Waals surface area contributed by atoms with E-state index in [4.69, 9.17) is 16.6 Å². The van der Waals surface area contributed by atoms with E-state index in [0.717, 1.165) is 36.3 Å². The number of nitrogens with one attached hydrogen (secondary N) is 2. The van der Waals surface area contributed by atoms with E-state index in [-0.39, 0.29) is 11.5 Å². The quantitative estimate of drug-likeness (QED) is 0.512. The van der Waals surface area contributed by atoms with Gasteiger partial charge in [-0.3, -0.25) is 4.72 Å². The molecule has 1 aromatic carbocycles. The lowest BCUT2D eigenvalue weighted by molar-refractivity contribution is 0.161. The Morgan fingerprint density at radius 2 is 2.04 bits per heavy atom. The average Bonchev–Trinajstić information content (AvgIpc) is 3.50. The third kappa shape index (κ3) is 3.70. The third-order valence-corrected chi connectivity index (χ3v) is 7.77. The van der Waals surface area contributed by atoms with E-state index >= 15 is 0 Å². The van der Waals surface area contributed by atoms with Gasteiger partial charge >= 0.3 is 0 Å². The largest absolute Gasteiger partial charge is 0.308 e. The summed E-state index contributed by atoms with van der Waals surface area (Å²) in [5, 5.41) is 4.60. The van der Waals surface area contributed by atoms with Crippen LogP contribution in [-0.4, -0.2) is 22.3 Å². The Labute approximate surface area is 176 Å². The van der Waals surface area contributed by atoms with Crippen LogP contribution in [0.5, 0.6) is 0 Å². The van der Waals surface area contributed by atoms with E-state index in [0.29, 0.717) is 0 Å². The van der Waals surface area contributed by atoms with Crippen LogP contribution < -0.4 is 10.0 Å². The van der Waals surface area contributed by atoms with Crippen LogP contribution in [-0.2, 0) is 18.4 Å². The molecule has 0 saturated heterocycles. The van der Waals surface area contributed by atoms with Gasteiger partial charge < -0.3 is 5.32 Å². The zero-order valence-corrected chi connectivity index (χ0v) is 17.7. The molecule has 2 aromatic rings. The van der Waals surface area contributed by atoms with Crippen molar-refractivity contribution in [3.05, 3.63) is 58.1 Å². The van der Waals surface area contributed by atoms with E-state index in [1.54, 1.807) is 0 Å². The van der Waals surface area contributed by atoms with Crippen LogP contribution in [0, 0.1) is 5.92 Å². The molecule has 2 saturated carbocycles. The van der Waals surface area contributed by atoms with Crippen LogP contribution in [0.2, 0.25) is 5.02 Å². The first-order valence-electron chi connectivity index (χ1n) is 10.4. The molecule has 3 aliphatic rings. The fourth-order valence-corrected chi connectivity index (χ4v) is 5.60. The molecule has 6 heteroatoms. The second kappa shape index (κ2) is 7.94. The molecule has 0 amide bonds. The minimum absolute atomic E-state index is 0.125. The number of rotatable bonds is 7. The van der Waals surface area contributed by atoms with Crippen molar-refractivity contribution in [1.29, 1.82) is 0 Å². The standard InChI is InChI=1S/C22H27ClN4S/c23-18-6-4-17(5-7-18)22(9-1-10-22)21-20-16(8-11-24-21)12-25-19(27-20)13-26-28-14-15-2-3-15/h4-7,12,15,21,24,26H,1-3,8-11,13-14H2. The zero-order chi connectivity index (χ0) is 19.0. The molecular formula is C22H27ClN4S. The van der Waals surface area contributed by atoms with Crippen molar-refractivity contribution in [2.45, 2.75) is 56.5 Å². The second-order valence-electron chi connectivity index (χ2n) is 8.43. The zero-order valence-electron chi connectivity index (χ0n) is 16.1. The van der Waals surface area contributed by atoms with Crippen molar-refractivity contribution in [2.24, 2.45) is 5.92 Å². The molecule has 2 heterocycles. The van der Waals surface area contributed by atoms with Crippen molar-refractivity contribution in [2.75, 3.05) is 12.3 Å². The molecule has 1 atom stereocenters. The molecule has 1 unspecified atom stereocenters. The number of aromatic nitrogens is 2. The molecule has 5 rings (SSSR count). The molecular weight excluding hydrogens is 388 g/mol. The number of halogens is 1. The van der Waals surface area contributed by atoms with Crippen LogP contribution in [0.4, 0.5) is 0 Å². The van der Waals surface area contributed by atoms with Crippen LogP contribution in [0.15, 0.2) is 30.5 Å². The highest BCUT2D eigenvalue weighted by Gasteiger charge is 2.48. The molecule has 148 valence electrons. The summed E-state index contributed by atoms with van der Waals surface area (Å²) in [4.78, 5) is 9.68. The molecule has 1 aliphatic heterocycles. The van der Waals surface area contributed by atoms with Crippen molar-refractivity contribution in [3.63, 3.8) is 0 Å². The minimum Gasteiger partial charge on any atom is -0.308 e. The smallest absolute Gasteiger partial charge is 0.143 e. The summed E-state index contributed by atoms with van der Waals surface area (Å²) in [7, 11) is 0. The average molecular weight is 415 g/mol. The molecule has 28 heavy (non-hydrogen) atoms. The number of fused-ring (bicyclic) bond motifs is 1. The maximum atomic E-state index is 6.15. The van der Waals surface area contributed by atoms with Gasteiger partial charge in [-0.1, -0.05) is 42.1 Å². The van der Waals surface area contributed by atoms with Crippen molar-refractivity contribution < 1.29 is 0 Å². The number of hydrogen-bond donors (Lipinski definition) is 2. The van der Waals surface area contributed by atoms with E-state index in [9.17, 15) is 0 Å². The lowest BCUT2D eigenvalue weighted by atomic mass is 9.58. The summed E-state index contributed by atoms with van der Waals surface area (Å²) in [6.07, 6.45) is 9.52. The van der Waals surface area contributed by atoms with E-state index < -0.39 is 0 Å². The lowest BCUT2D eigenvalue weighted by Crippen LogP contribution is -2.49. The topological polar surface area (TPSA) is 49.8 Å². The highest BCUT2D eigenvalue weighted by molar-refractivity contribution is 7.97. The predicted molar refractivity (Wildman–Crippen MR) is 115 cm³/mol. The van der Waals surface area contributed by atoms with Gasteiger partial charge in [0.05, 0.1) is 18.3 Å². The predicted octanol–water partition coefficient (Wildman–Crippen LogP) is 4.59. The first kappa shape index (κ1) is 18.9. The van der Waals surface area contributed by atoms with Crippen LogP contribution in [0.1, 0.15) is 60.8 Å². The molecule has 4 nitrogen and oxygen atoms in total. The van der Waals surface area contributed by atoms with Gasteiger partial charge in [-0.25, -0.2) is 9.97 Å². The first-order chi connectivity index (χ1) is 13.7. The maximum absolute atomic E-state index is 6.15. The maximum Gasteiger partial charge on any atom is 0.143 e. The van der Waals surface area contributed by atoms with Crippen molar-refractivity contribution >= 4 is 23.5 Å². The first-order valence-corrected chi connectivity index (χ1v) is 11.8. The van der Waals surface area contributed by atoms with Gasteiger partial charge in [0, 0.05) is 22.4 Å². The van der Waals surface area contributed by atoms with Crippen molar-refractivity contribution in [3.8, 4) is 0 Å². The van der Waals surface area contributed by atoms with Gasteiger partial charge in [0.25, 0.3) is 0 Å². The Bertz CT molecular complexity index is 833. The summed E-state index contributed by atoms with van der Waals surface area (Å²) in [6.45, 7) is 1.72. The Kier molecular flexibility index (Phi) is 5.35. The molecule has 2 fully saturated rings. The second-order valence-corrected chi connectivity index (χ2v) is 9.77. The van der Waals surface area contributed by atoms with Crippen LogP contribution in [0.25, 0.3) is 0 Å². The normalized spacial score (nSPS) is 23.1. The molecule has 0 radical (unpaired) electrons. The van der Waals surface area contributed by atoms with Gasteiger partial charge in [-0.15, -0.1) is 0 Å². The fraction of sp³-hybridized carbons (Fsp3) is 0.545. The van der Waals surface area contributed by atoms with Gasteiger partial charge in [-0.2, -0.15) is 0 Å². The molecule has 2 aliphatic carbocycles. The number of nitrogens with zero attached hydrogens (tertiary/aromatic N) is 2. The lowest BCUT2D eigenvalue weighted by Gasteiger charge is -2.50. The molecule has 0 spiro atoms. The summed E-state index contributed by atoms with van der Waals surface area (Å²) >= 11 is 7.97. The molecule has 1 aromatic heterocycles. The monoisotopic (exact) mass is 414 g/mol.